The molecule has 0 aliphatic heterocycles. The van der Waals surface area contributed by atoms with Gasteiger partial charge in [-0.05, 0) is 36.2 Å². The monoisotopic (exact) mass is 227 g/mol. The van der Waals surface area contributed by atoms with Crippen LogP contribution in [0.2, 0.25) is 0 Å². The molecule has 0 unspecified atom stereocenters. The highest BCUT2D eigenvalue weighted by atomic mass is 79.9. The Balaban J connectivity index is 2.86. The zero-order valence-corrected chi connectivity index (χ0v) is 8.37. The van der Waals surface area contributed by atoms with E-state index in [2.05, 4.69) is 39.4 Å². The van der Waals surface area contributed by atoms with Gasteiger partial charge in [-0.1, -0.05) is 15.9 Å². The molecule has 0 amide bonds. The average molecular weight is 228 g/mol. The van der Waals surface area contributed by atoms with Crippen LogP contribution in [-0.4, -0.2) is 4.37 Å². The van der Waals surface area contributed by atoms with Crippen LogP contribution in [-0.2, 0) is 0 Å². The van der Waals surface area contributed by atoms with E-state index in [1.54, 1.807) is 0 Å². The zero-order valence-electron chi connectivity index (χ0n) is 5.97. The second-order valence-electron chi connectivity index (χ2n) is 2.47. The molecule has 0 spiro atoms. The molecule has 0 saturated heterocycles. The Kier molecular flexibility index (Phi) is 1.69. The molecule has 2 aromatic rings. The fourth-order valence-electron chi connectivity index (χ4n) is 1.01. The second kappa shape index (κ2) is 2.57. The van der Waals surface area contributed by atoms with Gasteiger partial charge in [0.25, 0.3) is 0 Å². The number of hydrogen-bond acceptors (Lipinski definition) is 2. The van der Waals surface area contributed by atoms with Gasteiger partial charge in [0.15, 0.2) is 0 Å². The van der Waals surface area contributed by atoms with Gasteiger partial charge in [-0.2, -0.15) is 4.37 Å². The quantitative estimate of drug-likeness (QED) is 0.673. The molecule has 0 atom stereocenters. The number of fused-ring (bicyclic) bond motifs is 1. The smallest absolute Gasteiger partial charge is 0.0561 e. The van der Waals surface area contributed by atoms with E-state index in [1.165, 1.54) is 27.2 Å². The highest BCUT2D eigenvalue weighted by Gasteiger charge is 1.99. The molecule has 1 nitrogen and oxygen atoms in total. The lowest BCUT2D eigenvalue weighted by atomic mass is 10.2. The molecule has 3 heteroatoms. The topological polar surface area (TPSA) is 12.9 Å². The minimum Gasteiger partial charge on any atom is -0.200 e. The molecule has 1 aromatic carbocycles. The van der Waals surface area contributed by atoms with Gasteiger partial charge in [0.1, 0.15) is 0 Å². The third kappa shape index (κ3) is 1.19. The fourth-order valence-corrected chi connectivity index (χ4v) is 2.17. The van der Waals surface area contributed by atoms with E-state index in [-0.39, 0.29) is 0 Å². The highest BCUT2D eigenvalue weighted by molar-refractivity contribution is 9.10. The molecule has 0 aliphatic carbocycles. The van der Waals surface area contributed by atoms with E-state index in [0.717, 1.165) is 4.47 Å². The van der Waals surface area contributed by atoms with E-state index in [0.29, 0.717) is 0 Å². The van der Waals surface area contributed by atoms with Gasteiger partial charge in [0.05, 0.1) is 4.70 Å². The first-order valence-corrected chi connectivity index (χ1v) is 4.84. The summed E-state index contributed by atoms with van der Waals surface area (Å²) in [5.74, 6) is 0. The van der Waals surface area contributed by atoms with E-state index in [4.69, 9.17) is 0 Å². The van der Waals surface area contributed by atoms with Crippen molar-refractivity contribution in [2.45, 2.75) is 6.92 Å². The predicted octanol–water partition coefficient (Wildman–Crippen LogP) is 3.37. The first-order chi connectivity index (χ1) is 5.27. The fraction of sp³-hybridized carbons (Fsp3) is 0.125. The summed E-state index contributed by atoms with van der Waals surface area (Å²) in [6, 6.07) is 4.26. The molecule has 1 aromatic heterocycles. The van der Waals surface area contributed by atoms with Crippen LogP contribution in [0.4, 0.5) is 0 Å². The number of nitrogens with zero attached hydrogens (tertiary/aromatic N) is 1. The molecular weight excluding hydrogens is 222 g/mol. The molecule has 0 bridgehead atoms. The van der Waals surface area contributed by atoms with Gasteiger partial charge >= 0.3 is 0 Å². The largest absolute Gasteiger partial charge is 0.200 e. The molecular formula is C8H6BrNS. The van der Waals surface area contributed by atoms with Crippen molar-refractivity contribution in [3.05, 3.63) is 28.4 Å². The number of hydrogen-bond donors (Lipinski definition) is 0. The molecule has 11 heavy (non-hydrogen) atoms. The van der Waals surface area contributed by atoms with Crippen molar-refractivity contribution in [1.82, 2.24) is 4.37 Å². The van der Waals surface area contributed by atoms with Crippen LogP contribution in [0.25, 0.3) is 10.1 Å². The minimum absolute atomic E-state index is 1.16. The molecule has 0 saturated carbocycles. The lowest BCUT2D eigenvalue weighted by Crippen LogP contribution is -1.72. The Morgan fingerprint density at radius 3 is 3.09 bits per heavy atom. The lowest BCUT2D eigenvalue weighted by Gasteiger charge is -1.95. The Bertz CT molecular complexity index is 358. The lowest BCUT2D eigenvalue weighted by molar-refractivity contribution is 1.47. The Morgan fingerprint density at radius 2 is 2.27 bits per heavy atom. The summed E-state index contributed by atoms with van der Waals surface area (Å²) < 4.78 is 6.50. The minimum atomic E-state index is 1.16. The number of halogens is 1. The van der Waals surface area contributed by atoms with Crippen LogP contribution in [0, 0.1) is 6.92 Å². The van der Waals surface area contributed by atoms with Gasteiger partial charge in [-0.25, -0.2) is 0 Å². The third-order valence-electron chi connectivity index (χ3n) is 1.63. The van der Waals surface area contributed by atoms with E-state index in [9.17, 15) is 0 Å². The number of aryl methyl sites for hydroxylation is 1. The average Bonchev–Trinajstić information content (AvgIpc) is 2.36. The first-order valence-electron chi connectivity index (χ1n) is 3.28. The summed E-state index contributed by atoms with van der Waals surface area (Å²) in [4.78, 5) is 0. The van der Waals surface area contributed by atoms with Crippen LogP contribution in [0.1, 0.15) is 5.56 Å². The van der Waals surface area contributed by atoms with Crippen molar-refractivity contribution in [1.29, 1.82) is 0 Å². The molecule has 0 fully saturated rings. The van der Waals surface area contributed by atoms with Crippen molar-refractivity contribution in [3.63, 3.8) is 0 Å². The van der Waals surface area contributed by atoms with Gasteiger partial charge < -0.3 is 0 Å². The summed E-state index contributed by atoms with van der Waals surface area (Å²) >= 11 is 5.01. The number of rotatable bonds is 0. The Labute approximate surface area is 77.3 Å². The van der Waals surface area contributed by atoms with Crippen molar-refractivity contribution < 1.29 is 0 Å². The second-order valence-corrected chi connectivity index (χ2v) is 4.15. The maximum absolute atomic E-state index is 4.10. The van der Waals surface area contributed by atoms with Crippen molar-refractivity contribution in [3.8, 4) is 0 Å². The van der Waals surface area contributed by atoms with Crippen LogP contribution in [0.3, 0.4) is 0 Å². The summed E-state index contributed by atoms with van der Waals surface area (Å²) in [5.41, 5.74) is 1.26. The summed E-state index contributed by atoms with van der Waals surface area (Å²) in [6.07, 6.45) is 1.90. The van der Waals surface area contributed by atoms with Crippen LogP contribution in [0.15, 0.2) is 22.8 Å². The summed E-state index contributed by atoms with van der Waals surface area (Å²) in [5, 5.41) is 1.23. The Morgan fingerprint density at radius 1 is 1.45 bits per heavy atom. The SMILES string of the molecule is Cc1cc2cnsc2cc1Br. The highest BCUT2D eigenvalue weighted by Crippen LogP contribution is 2.25. The molecule has 1 heterocycles. The third-order valence-corrected chi connectivity index (χ3v) is 3.25. The number of aromatic nitrogens is 1. The molecule has 0 radical (unpaired) electrons. The Hall–Kier alpha value is -0.410. The maximum atomic E-state index is 4.10. The van der Waals surface area contributed by atoms with Crippen LogP contribution < -0.4 is 0 Å². The maximum Gasteiger partial charge on any atom is 0.0561 e. The van der Waals surface area contributed by atoms with Gasteiger partial charge in [0, 0.05) is 16.1 Å². The molecule has 56 valence electrons. The normalized spacial score (nSPS) is 10.7. The number of benzene rings is 1. The molecule has 0 aliphatic rings. The standard InChI is InChI=1S/C8H6BrNS/c1-5-2-6-4-10-11-8(6)3-7(5)9/h2-4H,1H3. The van der Waals surface area contributed by atoms with Gasteiger partial charge in [0.2, 0.25) is 0 Å². The van der Waals surface area contributed by atoms with Crippen LogP contribution >= 0.6 is 27.5 Å². The van der Waals surface area contributed by atoms with Gasteiger partial charge in [-0.3, -0.25) is 0 Å². The summed E-state index contributed by atoms with van der Waals surface area (Å²) in [7, 11) is 0. The van der Waals surface area contributed by atoms with Crippen LogP contribution in [0.5, 0.6) is 0 Å². The molecule has 2 rings (SSSR count). The van der Waals surface area contributed by atoms with Crippen molar-refractivity contribution in [2.75, 3.05) is 0 Å². The van der Waals surface area contributed by atoms with E-state index < -0.39 is 0 Å². The first kappa shape index (κ1) is 7.25. The van der Waals surface area contributed by atoms with E-state index >= 15 is 0 Å². The summed E-state index contributed by atoms with van der Waals surface area (Å²) in [6.45, 7) is 2.08. The van der Waals surface area contributed by atoms with Crippen molar-refractivity contribution >= 4 is 37.5 Å². The molecule has 0 N–H and O–H groups in total. The van der Waals surface area contributed by atoms with E-state index in [1.807, 2.05) is 6.20 Å². The predicted molar refractivity (Wildman–Crippen MR) is 52.1 cm³/mol. The van der Waals surface area contributed by atoms with Gasteiger partial charge in [-0.15, -0.1) is 0 Å². The zero-order chi connectivity index (χ0) is 7.84. The van der Waals surface area contributed by atoms with Crippen molar-refractivity contribution in [2.24, 2.45) is 0 Å².